The highest BCUT2D eigenvalue weighted by atomic mass is 79.9. The Morgan fingerprint density at radius 1 is 1.47 bits per heavy atom. The van der Waals surface area contributed by atoms with E-state index in [1.807, 2.05) is 10.7 Å². The van der Waals surface area contributed by atoms with Crippen molar-refractivity contribution in [1.29, 1.82) is 0 Å². The summed E-state index contributed by atoms with van der Waals surface area (Å²) in [5.41, 5.74) is 2.14. The summed E-state index contributed by atoms with van der Waals surface area (Å²) in [5, 5.41) is 4.52. The van der Waals surface area contributed by atoms with Gasteiger partial charge in [0.15, 0.2) is 4.60 Å². The molecule has 0 spiro atoms. The second kappa shape index (κ2) is 4.92. The maximum absolute atomic E-state index is 11.6. The molecule has 0 saturated heterocycles. The van der Waals surface area contributed by atoms with E-state index in [2.05, 4.69) is 26.0 Å². The summed E-state index contributed by atoms with van der Waals surface area (Å²) >= 11 is 3.43. The van der Waals surface area contributed by atoms with Crippen LogP contribution in [0.4, 0.5) is 0 Å². The van der Waals surface area contributed by atoms with Crippen molar-refractivity contribution in [2.24, 2.45) is 0 Å². The number of rotatable bonds is 2. The number of methoxy groups -OCH3 is 1. The largest absolute Gasteiger partial charge is 0.465 e. The van der Waals surface area contributed by atoms with Crippen LogP contribution >= 0.6 is 15.9 Å². The first kappa shape index (κ1) is 12.6. The molecule has 3 rings (SSSR count). The van der Waals surface area contributed by atoms with E-state index in [9.17, 15) is 4.79 Å². The van der Waals surface area contributed by atoms with Gasteiger partial charge in [-0.05, 0) is 34.8 Å². The van der Waals surface area contributed by atoms with Gasteiger partial charge in [-0.1, -0.05) is 12.8 Å². The molecule has 100 valence electrons. The van der Waals surface area contributed by atoms with Crippen molar-refractivity contribution in [2.45, 2.75) is 31.7 Å². The van der Waals surface area contributed by atoms with Crippen molar-refractivity contribution in [3.8, 4) is 0 Å². The molecule has 0 atom stereocenters. The van der Waals surface area contributed by atoms with Crippen LogP contribution in [-0.2, 0) is 4.74 Å². The number of ether oxygens (including phenoxy) is 1. The normalized spacial score (nSPS) is 16.1. The first-order chi connectivity index (χ1) is 9.20. The van der Waals surface area contributed by atoms with Gasteiger partial charge < -0.3 is 4.74 Å². The second-order valence-corrected chi connectivity index (χ2v) is 5.51. The first-order valence-electron chi connectivity index (χ1n) is 6.33. The average molecular weight is 324 g/mol. The molecule has 0 aliphatic heterocycles. The molecular formula is C13H14BrN3O2. The van der Waals surface area contributed by atoms with Gasteiger partial charge in [-0.15, -0.1) is 0 Å². The van der Waals surface area contributed by atoms with E-state index in [-0.39, 0.29) is 5.97 Å². The maximum atomic E-state index is 11.6. The molecule has 0 N–H and O–H groups in total. The Hall–Kier alpha value is -1.43. The lowest BCUT2D eigenvalue weighted by atomic mass is 10.2. The maximum Gasteiger partial charge on any atom is 0.339 e. The molecule has 1 aliphatic carbocycles. The number of esters is 1. The number of aromatic nitrogens is 3. The zero-order chi connectivity index (χ0) is 13.4. The second-order valence-electron chi connectivity index (χ2n) is 4.76. The number of fused-ring (bicyclic) bond motifs is 1. The van der Waals surface area contributed by atoms with Crippen LogP contribution in [0.25, 0.3) is 11.0 Å². The predicted octanol–water partition coefficient (Wildman–Crippen LogP) is 3.10. The molecule has 2 aromatic rings. The topological polar surface area (TPSA) is 57.0 Å². The van der Waals surface area contributed by atoms with Crippen molar-refractivity contribution < 1.29 is 9.53 Å². The van der Waals surface area contributed by atoms with E-state index in [0.717, 1.165) is 28.5 Å². The molecule has 1 fully saturated rings. The van der Waals surface area contributed by atoms with Gasteiger partial charge in [0.1, 0.15) is 5.52 Å². The fourth-order valence-electron chi connectivity index (χ4n) is 2.64. The standard InChI is InChI=1S/C13H14BrN3O2/c1-19-13(18)8-6-10-11(15-7-8)12(14)16-17(10)9-4-2-3-5-9/h6-7,9H,2-5H2,1H3. The van der Waals surface area contributed by atoms with Gasteiger partial charge in [0.25, 0.3) is 0 Å². The highest BCUT2D eigenvalue weighted by molar-refractivity contribution is 9.10. The highest BCUT2D eigenvalue weighted by Gasteiger charge is 2.22. The van der Waals surface area contributed by atoms with Crippen LogP contribution in [0.15, 0.2) is 16.9 Å². The lowest BCUT2D eigenvalue weighted by molar-refractivity contribution is 0.0600. The van der Waals surface area contributed by atoms with E-state index < -0.39 is 0 Å². The van der Waals surface area contributed by atoms with Crippen molar-refractivity contribution in [3.05, 3.63) is 22.4 Å². The smallest absolute Gasteiger partial charge is 0.339 e. The minimum atomic E-state index is -0.371. The molecule has 19 heavy (non-hydrogen) atoms. The van der Waals surface area contributed by atoms with Gasteiger partial charge in [0.05, 0.1) is 24.2 Å². The minimum absolute atomic E-state index is 0.371. The van der Waals surface area contributed by atoms with Gasteiger partial charge in [-0.3, -0.25) is 9.67 Å². The highest BCUT2D eigenvalue weighted by Crippen LogP contribution is 2.33. The Morgan fingerprint density at radius 2 is 2.21 bits per heavy atom. The number of hydrogen-bond donors (Lipinski definition) is 0. The Kier molecular flexibility index (Phi) is 3.26. The Morgan fingerprint density at radius 3 is 2.89 bits per heavy atom. The van der Waals surface area contributed by atoms with Gasteiger partial charge in [0, 0.05) is 6.20 Å². The van der Waals surface area contributed by atoms with Crippen LogP contribution in [0.2, 0.25) is 0 Å². The lowest BCUT2D eigenvalue weighted by Crippen LogP contribution is -2.07. The molecule has 0 unspecified atom stereocenters. The molecule has 2 aromatic heterocycles. The van der Waals surface area contributed by atoms with Crippen molar-refractivity contribution in [3.63, 3.8) is 0 Å². The SMILES string of the molecule is COC(=O)c1cnc2c(Br)nn(C3CCCC3)c2c1. The van der Waals surface area contributed by atoms with E-state index >= 15 is 0 Å². The van der Waals surface area contributed by atoms with Crippen LogP contribution in [-0.4, -0.2) is 27.8 Å². The number of nitrogens with zero attached hydrogens (tertiary/aromatic N) is 3. The summed E-state index contributed by atoms with van der Waals surface area (Å²) in [4.78, 5) is 15.9. The fourth-order valence-corrected chi connectivity index (χ4v) is 3.12. The molecular weight excluding hydrogens is 310 g/mol. The Bertz CT molecular complexity index is 632. The molecule has 6 heteroatoms. The minimum Gasteiger partial charge on any atom is -0.465 e. The van der Waals surface area contributed by atoms with Crippen LogP contribution in [0.5, 0.6) is 0 Å². The molecule has 5 nitrogen and oxygen atoms in total. The van der Waals surface area contributed by atoms with Crippen molar-refractivity contribution in [1.82, 2.24) is 14.8 Å². The third kappa shape index (κ3) is 2.14. The summed E-state index contributed by atoms with van der Waals surface area (Å²) in [5.74, 6) is -0.371. The van der Waals surface area contributed by atoms with Gasteiger partial charge in [-0.25, -0.2) is 4.79 Å². The number of carbonyl (C=O) groups excluding carboxylic acids is 1. The quantitative estimate of drug-likeness (QED) is 0.797. The van der Waals surface area contributed by atoms with Crippen LogP contribution in [0.1, 0.15) is 42.1 Å². The zero-order valence-electron chi connectivity index (χ0n) is 10.6. The number of hydrogen-bond acceptors (Lipinski definition) is 4. The monoisotopic (exact) mass is 323 g/mol. The lowest BCUT2D eigenvalue weighted by Gasteiger charge is -2.11. The molecule has 2 heterocycles. The summed E-state index contributed by atoms with van der Waals surface area (Å²) in [7, 11) is 1.37. The molecule has 1 aliphatic rings. The van der Waals surface area contributed by atoms with E-state index in [1.54, 1.807) is 0 Å². The van der Waals surface area contributed by atoms with E-state index in [1.165, 1.54) is 26.1 Å². The first-order valence-corrected chi connectivity index (χ1v) is 7.12. The fraction of sp³-hybridized carbons (Fsp3) is 0.462. The van der Waals surface area contributed by atoms with E-state index in [4.69, 9.17) is 4.74 Å². The van der Waals surface area contributed by atoms with Crippen molar-refractivity contribution in [2.75, 3.05) is 7.11 Å². The van der Waals surface area contributed by atoms with Gasteiger partial charge >= 0.3 is 5.97 Å². The van der Waals surface area contributed by atoms with Gasteiger partial charge in [0.2, 0.25) is 0 Å². The Balaban J connectivity index is 2.13. The number of halogens is 1. The third-order valence-corrected chi connectivity index (χ3v) is 4.13. The zero-order valence-corrected chi connectivity index (χ0v) is 12.2. The van der Waals surface area contributed by atoms with Crippen LogP contribution in [0.3, 0.4) is 0 Å². The molecule has 0 bridgehead atoms. The van der Waals surface area contributed by atoms with Crippen LogP contribution in [0, 0.1) is 0 Å². The Labute approximate surface area is 119 Å². The van der Waals surface area contributed by atoms with Gasteiger partial charge in [-0.2, -0.15) is 5.10 Å². The predicted molar refractivity (Wildman–Crippen MR) is 74.1 cm³/mol. The van der Waals surface area contributed by atoms with E-state index in [0.29, 0.717) is 11.6 Å². The summed E-state index contributed by atoms with van der Waals surface area (Å²) in [6.07, 6.45) is 6.25. The third-order valence-electron chi connectivity index (χ3n) is 3.60. The summed E-state index contributed by atoms with van der Waals surface area (Å²) in [6.45, 7) is 0. The molecule has 0 radical (unpaired) electrons. The summed E-state index contributed by atoms with van der Waals surface area (Å²) in [6, 6.07) is 2.22. The van der Waals surface area contributed by atoms with Crippen LogP contribution < -0.4 is 0 Å². The summed E-state index contributed by atoms with van der Waals surface area (Å²) < 4.78 is 7.46. The number of carbonyl (C=O) groups is 1. The molecule has 1 saturated carbocycles. The average Bonchev–Trinajstić information content (AvgIpc) is 3.06. The molecule has 0 aromatic carbocycles. The number of pyridine rings is 1. The van der Waals surface area contributed by atoms with Crippen molar-refractivity contribution >= 4 is 32.9 Å². The molecule has 0 amide bonds.